The van der Waals surface area contributed by atoms with Crippen LogP contribution in [0.3, 0.4) is 0 Å². The molecule has 0 aromatic carbocycles. The Morgan fingerprint density at radius 3 is 2.87 bits per heavy atom. The van der Waals surface area contributed by atoms with E-state index in [1.54, 1.807) is 36.3 Å². The Kier molecular flexibility index (Phi) is 4.56. The van der Waals surface area contributed by atoms with Crippen molar-refractivity contribution in [2.45, 2.75) is 18.7 Å². The lowest BCUT2D eigenvalue weighted by Crippen LogP contribution is -2.29. The number of amides is 1. The standard InChI is InChI=1S/C11H15ClN2O/c1-9(12)6-8-14(2)11(15)10-5-3-4-7-13-10/h3-5,7,9H,6,8H2,1-2H3. The summed E-state index contributed by atoms with van der Waals surface area (Å²) in [5, 5.41) is 0.0870. The SMILES string of the molecule is CC(Cl)CCN(C)C(=O)c1ccccn1. The summed E-state index contributed by atoms with van der Waals surface area (Å²) in [4.78, 5) is 17.4. The topological polar surface area (TPSA) is 33.2 Å². The van der Waals surface area contributed by atoms with Crippen molar-refractivity contribution in [1.29, 1.82) is 0 Å². The van der Waals surface area contributed by atoms with Crippen LogP contribution in [0.1, 0.15) is 23.8 Å². The summed E-state index contributed by atoms with van der Waals surface area (Å²) in [5.74, 6) is -0.0621. The molecule has 0 saturated carbocycles. The Hall–Kier alpha value is -1.09. The molecule has 1 aromatic heterocycles. The second-order valence-electron chi connectivity index (χ2n) is 3.51. The van der Waals surface area contributed by atoms with E-state index in [0.29, 0.717) is 12.2 Å². The molecule has 0 aliphatic carbocycles. The van der Waals surface area contributed by atoms with Crippen molar-refractivity contribution < 1.29 is 4.79 Å². The van der Waals surface area contributed by atoms with E-state index in [-0.39, 0.29) is 11.3 Å². The van der Waals surface area contributed by atoms with Crippen LogP contribution in [0, 0.1) is 0 Å². The van der Waals surface area contributed by atoms with Crippen LogP contribution in [-0.4, -0.2) is 34.8 Å². The van der Waals surface area contributed by atoms with Crippen molar-refractivity contribution in [3.63, 3.8) is 0 Å². The van der Waals surface area contributed by atoms with E-state index in [1.807, 2.05) is 6.92 Å². The maximum Gasteiger partial charge on any atom is 0.272 e. The molecule has 3 nitrogen and oxygen atoms in total. The maximum atomic E-state index is 11.8. The first-order valence-electron chi connectivity index (χ1n) is 4.92. The first-order valence-corrected chi connectivity index (χ1v) is 5.35. The third-order valence-electron chi connectivity index (χ3n) is 2.09. The molecule has 1 amide bonds. The van der Waals surface area contributed by atoms with Crippen LogP contribution in [-0.2, 0) is 0 Å². The normalized spacial score (nSPS) is 12.2. The number of carbonyl (C=O) groups excluding carboxylic acids is 1. The molecule has 0 radical (unpaired) electrons. The lowest BCUT2D eigenvalue weighted by molar-refractivity contribution is 0.0788. The highest BCUT2D eigenvalue weighted by Gasteiger charge is 2.12. The first kappa shape index (κ1) is 12.0. The van der Waals surface area contributed by atoms with Gasteiger partial charge in [-0.3, -0.25) is 9.78 Å². The molecular formula is C11H15ClN2O. The van der Waals surface area contributed by atoms with Crippen LogP contribution in [0.2, 0.25) is 0 Å². The number of nitrogens with zero attached hydrogens (tertiary/aromatic N) is 2. The molecule has 0 spiro atoms. The predicted octanol–water partition coefficient (Wildman–Crippen LogP) is 2.17. The van der Waals surface area contributed by atoms with E-state index in [1.165, 1.54) is 0 Å². The van der Waals surface area contributed by atoms with Crippen molar-refractivity contribution in [3.8, 4) is 0 Å². The zero-order valence-corrected chi connectivity index (χ0v) is 9.74. The van der Waals surface area contributed by atoms with Crippen LogP contribution in [0.5, 0.6) is 0 Å². The van der Waals surface area contributed by atoms with E-state index in [0.717, 1.165) is 6.42 Å². The summed E-state index contributed by atoms with van der Waals surface area (Å²) in [6.45, 7) is 2.57. The summed E-state index contributed by atoms with van der Waals surface area (Å²) in [6, 6.07) is 5.30. The molecule has 1 aromatic rings. The molecule has 1 atom stereocenters. The van der Waals surface area contributed by atoms with Crippen LogP contribution < -0.4 is 0 Å². The smallest absolute Gasteiger partial charge is 0.272 e. The van der Waals surface area contributed by atoms with Crippen molar-refractivity contribution in [3.05, 3.63) is 30.1 Å². The van der Waals surface area contributed by atoms with E-state index in [9.17, 15) is 4.79 Å². The highest BCUT2D eigenvalue weighted by atomic mass is 35.5. The Morgan fingerprint density at radius 2 is 2.33 bits per heavy atom. The molecule has 82 valence electrons. The maximum absolute atomic E-state index is 11.8. The minimum atomic E-state index is -0.0621. The van der Waals surface area contributed by atoms with Crippen LogP contribution in [0.25, 0.3) is 0 Å². The van der Waals surface area contributed by atoms with Gasteiger partial charge in [0.2, 0.25) is 0 Å². The highest BCUT2D eigenvalue weighted by Crippen LogP contribution is 2.04. The lowest BCUT2D eigenvalue weighted by atomic mass is 10.3. The third kappa shape index (κ3) is 3.88. The molecule has 1 rings (SSSR count). The summed E-state index contributed by atoms with van der Waals surface area (Å²) in [5.41, 5.74) is 0.474. The number of hydrogen-bond donors (Lipinski definition) is 0. The van der Waals surface area contributed by atoms with Crippen LogP contribution >= 0.6 is 11.6 Å². The van der Waals surface area contributed by atoms with E-state index < -0.39 is 0 Å². The minimum Gasteiger partial charge on any atom is -0.340 e. The summed E-state index contributed by atoms with van der Waals surface area (Å²) < 4.78 is 0. The number of hydrogen-bond acceptors (Lipinski definition) is 2. The lowest BCUT2D eigenvalue weighted by Gasteiger charge is -2.17. The second kappa shape index (κ2) is 5.71. The van der Waals surface area contributed by atoms with Gasteiger partial charge in [-0.2, -0.15) is 0 Å². The fourth-order valence-electron chi connectivity index (χ4n) is 1.16. The van der Waals surface area contributed by atoms with E-state index in [4.69, 9.17) is 11.6 Å². The van der Waals surface area contributed by atoms with Gasteiger partial charge in [0.05, 0.1) is 0 Å². The van der Waals surface area contributed by atoms with Crippen LogP contribution in [0.4, 0.5) is 0 Å². The van der Waals surface area contributed by atoms with Gasteiger partial charge in [-0.25, -0.2) is 0 Å². The van der Waals surface area contributed by atoms with Gasteiger partial charge in [-0.15, -0.1) is 11.6 Å². The highest BCUT2D eigenvalue weighted by molar-refractivity contribution is 6.20. The molecule has 1 heterocycles. The van der Waals surface area contributed by atoms with E-state index >= 15 is 0 Å². The fourth-order valence-corrected chi connectivity index (χ4v) is 1.26. The molecule has 0 aliphatic heterocycles. The molecule has 0 fully saturated rings. The van der Waals surface area contributed by atoms with Gasteiger partial charge >= 0.3 is 0 Å². The van der Waals surface area contributed by atoms with Crippen molar-refractivity contribution >= 4 is 17.5 Å². The Labute approximate surface area is 95.1 Å². The number of rotatable bonds is 4. The predicted molar refractivity (Wildman–Crippen MR) is 61.1 cm³/mol. The molecular weight excluding hydrogens is 212 g/mol. The molecule has 0 N–H and O–H groups in total. The fraction of sp³-hybridized carbons (Fsp3) is 0.455. The van der Waals surface area contributed by atoms with Crippen molar-refractivity contribution in [1.82, 2.24) is 9.88 Å². The Balaban J connectivity index is 2.54. The van der Waals surface area contributed by atoms with Gasteiger partial charge in [0.1, 0.15) is 5.69 Å². The number of carbonyl (C=O) groups is 1. The average Bonchev–Trinajstić information content (AvgIpc) is 2.26. The number of pyridine rings is 1. The second-order valence-corrected chi connectivity index (χ2v) is 4.26. The van der Waals surface area contributed by atoms with Gasteiger partial charge in [0.25, 0.3) is 5.91 Å². The monoisotopic (exact) mass is 226 g/mol. The van der Waals surface area contributed by atoms with Gasteiger partial charge in [-0.1, -0.05) is 6.07 Å². The number of aromatic nitrogens is 1. The summed E-state index contributed by atoms with van der Waals surface area (Å²) in [6.07, 6.45) is 2.40. The number of alkyl halides is 1. The molecule has 0 aliphatic rings. The Morgan fingerprint density at radius 1 is 1.60 bits per heavy atom. The van der Waals surface area contributed by atoms with E-state index in [2.05, 4.69) is 4.98 Å². The van der Waals surface area contributed by atoms with Gasteiger partial charge in [-0.05, 0) is 25.5 Å². The molecule has 4 heteroatoms. The Bertz CT molecular complexity index is 314. The largest absolute Gasteiger partial charge is 0.340 e. The van der Waals surface area contributed by atoms with Crippen molar-refractivity contribution in [2.75, 3.05) is 13.6 Å². The third-order valence-corrected chi connectivity index (χ3v) is 2.31. The van der Waals surface area contributed by atoms with Crippen molar-refractivity contribution in [2.24, 2.45) is 0 Å². The van der Waals surface area contributed by atoms with Gasteiger partial charge < -0.3 is 4.90 Å². The zero-order valence-electron chi connectivity index (χ0n) is 8.98. The minimum absolute atomic E-state index is 0.0621. The summed E-state index contributed by atoms with van der Waals surface area (Å²) >= 11 is 5.82. The molecule has 0 bridgehead atoms. The van der Waals surface area contributed by atoms with Gasteiger partial charge in [0, 0.05) is 25.2 Å². The molecule has 0 saturated heterocycles. The zero-order chi connectivity index (χ0) is 11.3. The van der Waals surface area contributed by atoms with Crippen LogP contribution in [0.15, 0.2) is 24.4 Å². The quantitative estimate of drug-likeness (QED) is 0.738. The van der Waals surface area contributed by atoms with Gasteiger partial charge in [0.15, 0.2) is 0 Å². The molecule has 15 heavy (non-hydrogen) atoms. The molecule has 1 unspecified atom stereocenters. The summed E-state index contributed by atoms with van der Waals surface area (Å²) in [7, 11) is 1.76. The average molecular weight is 227 g/mol. The number of halogens is 1. The first-order chi connectivity index (χ1) is 7.11.